The molecule has 0 saturated carbocycles. The zero-order valence-electron chi connectivity index (χ0n) is 11.8. The van der Waals surface area contributed by atoms with E-state index in [2.05, 4.69) is 15.0 Å². The molecule has 0 spiro atoms. The van der Waals surface area contributed by atoms with E-state index in [4.69, 9.17) is 0 Å². The van der Waals surface area contributed by atoms with Gasteiger partial charge in [0.2, 0.25) is 5.03 Å². The molecule has 0 bridgehead atoms. The Morgan fingerprint density at radius 2 is 2.12 bits per heavy atom. The van der Waals surface area contributed by atoms with E-state index < -0.39 is 4.92 Å². The third kappa shape index (κ3) is 2.55. The highest BCUT2D eigenvalue weighted by molar-refractivity contribution is 7.99. The van der Waals surface area contributed by atoms with Gasteiger partial charge in [-0.15, -0.1) is 0 Å². The first-order valence-corrected chi connectivity index (χ1v) is 8.40. The summed E-state index contributed by atoms with van der Waals surface area (Å²) in [5, 5.41) is 13.8. The van der Waals surface area contributed by atoms with Crippen molar-refractivity contribution in [3.8, 4) is 11.3 Å². The van der Waals surface area contributed by atoms with Gasteiger partial charge in [-0.1, -0.05) is 11.3 Å². The molecule has 0 aliphatic heterocycles. The minimum Gasteiger partial charge on any atom is -0.358 e. The van der Waals surface area contributed by atoms with Crippen LogP contribution < -0.4 is 0 Å². The van der Waals surface area contributed by atoms with Crippen LogP contribution in [0.25, 0.3) is 16.2 Å². The van der Waals surface area contributed by atoms with Crippen LogP contribution in [0.3, 0.4) is 0 Å². The Hall–Kier alpha value is -2.72. The van der Waals surface area contributed by atoms with Gasteiger partial charge < -0.3 is 15.1 Å². The van der Waals surface area contributed by atoms with Crippen molar-refractivity contribution in [3.05, 3.63) is 58.0 Å². The molecule has 0 saturated heterocycles. The van der Waals surface area contributed by atoms with E-state index in [1.807, 2.05) is 0 Å². The molecule has 1 aromatic carbocycles. The maximum absolute atomic E-state index is 13.0. The molecular weight excluding hydrogens is 353 g/mol. The maximum Gasteiger partial charge on any atom is 0.363 e. The number of nitrogens with one attached hydrogen (secondary N) is 1. The van der Waals surface area contributed by atoms with Gasteiger partial charge in [0.25, 0.3) is 4.96 Å². The number of rotatable bonds is 4. The van der Waals surface area contributed by atoms with Crippen molar-refractivity contribution in [1.29, 1.82) is 0 Å². The summed E-state index contributed by atoms with van der Waals surface area (Å²) in [6.07, 6.45) is 3.21. The lowest BCUT2D eigenvalue weighted by Crippen LogP contribution is -1.93. The summed E-state index contributed by atoms with van der Waals surface area (Å²) in [4.78, 5) is 23.0. The predicted octanol–water partition coefficient (Wildman–Crippen LogP) is 3.98. The Bertz CT molecular complexity index is 1040. The van der Waals surface area contributed by atoms with Gasteiger partial charge in [-0.05, 0) is 46.5 Å². The molecule has 0 amide bonds. The zero-order valence-corrected chi connectivity index (χ0v) is 13.5. The van der Waals surface area contributed by atoms with Crippen molar-refractivity contribution >= 4 is 33.9 Å². The molecule has 3 heterocycles. The minimum atomic E-state index is -0.459. The molecular formula is C14H8FN5O2S2. The van der Waals surface area contributed by atoms with Gasteiger partial charge in [0.05, 0.1) is 11.9 Å². The molecule has 0 atom stereocenters. The quantitative estimate of drug-likeness (QED) is 0.439. The smallest absolute Gasteiger partial charge is 0.358 e. The van der Waals surface area contributed by atoms with E-state index in [1.54, 1.807) is 29.9 Å². The summed E-state index contributed by atoms with van der Waals surface area (Å²) in [5.41, 5.74) is 1.47. The van der Waals surface area contributed by atoms with Crippen LogP contribution in [0, 0.1) is 15.9 Å². The van der Waals surface area contributed by atoms with E-state index in [-0.39, 0.29) is 16.7 Å². The number of benzene rings is 1. The fraction of sp³-hybridized carbons (Fsp3) is 0. The van der Waals surface area contributed by atoms with Crippen LogP contribution >= 0.6 is 23.1 Å². The van der Waals surface area contributed by atoms with Gasteiger partial charge in [-0.3, -0.25) is 0 Å². The second-order valence-corrected chi connectivity index (χ2v) is 6.61. The number of aromatic amines is 1. The molecule has 0 unspecified atom stereocenters. The SMILES string of the molecule is O=[N+]([O-])c1c(Sc2ncc(-c3ccc(F)cc3)[nH]2)nc2sccn12. The van der Waals surface area contributed by atoms with Crippen molar-refractivity contribution in [2.75, 3.05) is 0 Å². The average Bonchev–Trinajstić information content (AvgIpc) is 3.23. The van der Waals surface area contributed by atoms with Gasteiger partial charge in [0.15, 0.2) is 5.16 Å². The number of nitrogens with zero attached hydrogens (tertiary/aromatic N) is 4. The van der Waals surface area contributed by atoms with Crippen LogP contribution in [0.5, 0.6) is 0 Å². The molecule has 10 heteroatoms. The molecule has 0 aliphatic rings. The Labute approximate surface area is 142 Å². The highest BCUT2D eigenvalue weighted by atomic mass is 32.2. The number of halogens is 1. The summed E-state index contributed by atoms with van der Waals surface area (Å²) in [5.74, 6) is -0.405. The number of thiazole rings is 1. The molecule has 0 aliphatic carbocycles. The Morgan fingerprint density at radius 3 is 2.88 bits per heavy atom. The number of nitro groups is 1. The summed E-state index contributed by atoms with van der Waals surface area (Å²) >= 11 is 2.41. The number of H-pyrrole nitrogens is 1. The van der Waals surface area contributed by atoms with Gasteiger partial charge in [-0.2, -0.15) is 9.38 Å². The highest BCUT2D eigenvalue weighted by Gasteiger charge is 2.25. The lowest BCUT2D eigenvalue weighted by Gasteiger charge is -1.97. The van der Waals surface area contributed by atoms with Crippen LogP contribution in [0.1, 0.15) is 0 Å². The summed E-state index contributed by atoms with van der Waals surface area (Å²) in [7, 11) is 0. The van der Waals surface area contributed by atoms with Crippen molar-refractivity contribution in [3.63, 3.8) is 0 Å². The fourth-order valence-corrected chi connectivity index (χ4v) is 3.82. The molecule has 4 rings (SSSR count). The molecule has 3 aromatic heterocycles. The zero-order chi connectivity index (χ0) is 16.7. The lowest BCUT2D eigenvalue weighted by molar-refractivity contribution is -0.393. The summed E-state index contributed by atoms with van der Waals surface area (Å²) in [6, 6.07) is 5.98. The normalized spacial score (nSPS) is 11.2. The first-order valence-electron chi connectivity index (χ1n) is 6.70. The number of imidazole rings is 2. The van der Waals surface area contributed by atoms with Gasteiger partial charge in [-0.25, -0.2) is 9.37 Å². The highest BCUT2D eigenvalue weighted by Crippen LogP contribution is 2.35. The van der Waals surface area contributed by atoms with Crippen LogP contribution in [0.15, 0.2) is 52.2 Å². The first kappa shape index (κ1) is 14.8. The lowest BCUT2D eigenvalue weighted by atomic mass is 10.2. The second-order valence-electron chi connectivity index (χ2n) is 4.76. The van der Waals surface area contributed by atoms with E-state index in [9.17, 15) is 14.5 Å². The molecule has 0 radical (unpaired) electrons. The predicted molar refractivity (Wildman–Crippen MR) is 87.8 cm³/mol. The van der Waals surface area contributed by atoms with Crippen molar-refractivity contribution in [2.45, 2.75) is 10.2 Å². The van der Waals surface area contributed by atoms with Crippen LogP contribution in [-0.2, 0) is 0 Å². The van der Waals surface area contributed by atoms with Crippen molar-refractivity contribution < 1.29 is 9.31 Å². The molecule has 0 fully saturated rings. The van der Waals surface area contributed by atoms with Crippen LogP contribution in [0.4, 0.5) is 10.2 Å². The monoisotopic (exact) mass is 361 g/mol. The fourth-order valence-electron chi connectivity index (χ4n) is 2.21. The average molecular weight is 361 g/mol. The van der Waals surface area contributed by atoms with E-state index in [1.165, 1.54) is 27.9 Å². The number of hydrogen-bond acceptors (Lipinski definition) is 6. The first-order chi connectivity index (χ1) is 11.6. The van der Waals surface area contributed by atoms with Crippen LogP contribution in [-0.4, -0.2) is 24.3 Å². The van der Waals surface area contributed by atoms with E-state index in [0.29, 0.717) is 15.8 Å². The van der Waals surface area contributed by atoms with Gasteiger partial charge >= 0.3 is 5.82 Å². The number of fused-ring (bicyclic) bond motifs is 1. The molecule has 1 N–H and O–H groups in total. The Balaban J connectivity index is 1.67. The summed E-state index contributed by atoms with van der Waals surface area (Å²) < 4.78 is 14.4. The Kier molecular flexibility index (Phi) is 3.54. The summed E-state index contributed by atoms with van der Waals surface area (Å²) in [6.45, 7) is 0. The van der Waals surface area contributed by atoms with Crippen LogP contribution in [0.2, 0.25) is 0 Å². The van der Waals surface area contributed by atoms with E-state index >= 15 is 0 Å². The van der Waals surface area contributed by atoms with Crippen molar-refractivity contribution in [1.82, 2.24) is 19.4 Å². The topological polar surface area (TPSA) is 89.1 Å². The molecule has 120 valence electrons. The minimum absolute atomic E-state index is 0.0871. The molecule has 24 heavy (non-hydrogen) atoms. The third-order valence-corrected chi connectivity index (χ3v) is 4.90. The third-order valence-electron chi connectivity index (χ3n) is 3.28. The maximum atomic E-state index is 13.0. The molecule has 7 nitrogen and oxygen atoms in total. The second kappa shape index (κ2) is 5.73. The van der Waals surface area contributed by atoms with Gasteiger partial charge in [0, 0.05) is 5.38 Å². The number of hydrogen-bond donors (Lipinski definition) is 1. The van der Waals surface area contributed by atoms with E-state index in [0.717, 1.165) is 17.3 Å². The standard InChI is InChI=1S/C14H8FN5O2S2/c15-9-3-1-8(2-4-9)10-7-16-13(17-10)24-11-12(20(21)22)19-5-6-23-14(19)18-11/h1-7H,(H,16,17). The number of aromatic nitrogens is 4. The van der Waals surface area contributed by atoms with Crippen molar-refractivity contribution in [2.24, 2.45) is 0 Å². The Morgan fingerprint density at radius 1 is 1.33 bits per heavy atom. The molecule has 4 aromatic rings. The largest absolute Gasteiger partial charge is 0.363 e. The van der Waals surface area contributed by atoms with Gasteiger partial charge in [0.1, 0.15) is 12.0 Å².